The Morgan fingerprint density at radius 2 is 1.92 bits per heavy atom. The highest BCUT2D eigenvalue weighted by Gasteiger charge is 2.29. The van der Waals surface area contributed by atoms with E-state index in [0.29, 0.717) is 22.8 Å². The van der Waals surface area contributed by atoms with Gasteiger partial charge in [0.15, 0.2) is 5.43 Å². The monoisotopic (exact) mass is 542 g/mol. The van der Waals surface area contributed by atoms with Gasteiger partial charge in [-0.25, -0.2) is 0 Å². The number of halogens is 1. The number of benzene rings is 2. The molecule has 1 fully saturated rings. The standard InChI is InChI=1S/C30H27FN4O3S/c1-5-18-6-7-23-26(9-18)33-30-28(23)29(36)25-11-19(8-17(2)3)24(12-27(25)35(30)21-15-34(4)16-21)20-10-22(14-32-13-20)39(31,37)38/h1,6-7,9-14,17,21,33H,8,15-16H2,2-4H3. The Morgan fingerprint density at radius 1 is 1.15 bits per heavy atom. The number of fused-ring (bicyclic) bond motifs is 4. The summed E-state index contributed by atoms with van der Waals surface area (Å²) in [5, 5.41) is 2.02. The molecule has 5 aromatic rings. The van der Waals surface area contributed by atoms with Gasteiger partial charge in [0.1, 0.15) is 10.5 Å². The molecule has 1 aliphatic heterocycles. The van der Waals surface area contributed by atoms with Crippen molar-refractivity contribution in [2.75, 3.05) is 20.1 Å². The largest absolute Gasteiger partial charge is 0.340 e. The summed E-state index contributed by atoms with van der Waals surface area (Å²) in [6.45, 7) is 5.75. The highest BCUT2D eigenvalue weighted by Crippen LogP contribution is 2.36. The fourth-order valence-corrected chi connectivity index (χ4v) is 6.19. The van der Waals surface area contributed by atoms with Crippen LogP contribution in [-0.4, -0.2) is 48.0 Å². The third-order valence-corrected chi connectivity index (χ3v) is 8.27. The first-order valence-electron chi connectivity index (χ1n) is 12.8. The van der Waals surface area contributed by atoms with E-state index < -0.39 is 15.1 Å². The smallest absolute Gasteiger partial charge is 0.333 e. The maximum Gasteiger partial charge on any atom is 0.333 e. The van der Waals surface area contributed by atoms with Crippen molar-refractivity contribution in [3.63, 3.8) is 0 Å². The van der Waals surface area contributed by atoms with Crippen LogP contribution in [-0.2, 0) is 16.6 Å². The van der Waals surface area contributed by atoms with Crippen molar-refractivity contribution >= 4 is 43.1 Å². The second-order valence-corrected chi connectivity index (χ2v) is 12.1. The molecule has 1 aliphatic rings. The first-order valence-corrected chi connectivity index (χ1v) is 14.1. The van der Waals surface area contributed by atoms with Crippen molar-refractivity contribution in [2.45, 2.75) is 31.2 Å². The molecule has 39 heavy (non-hydrogen) atoms. The zero-order valence-corrected chi connectivity index (χ0v) is 22.6. The summed E-state index contributed by atoms with van der Waals surface area (Å²) >= 11 is 0. The lowest BCUT2D eigenvalue weighted by Gasteiger charge is -2.39. The van der Waals surface area contributed by atoms with E-state index in [1.807, 2.05) is 37.4 Å². The maximum absolute atomic E-state index is 14.1. The van der Waals surface area contributed by atoms with Crippen LogP contribution in [0.1, 0.15) is 31.0 Å². The SMILES string of the molecule is C#Cc1ccc2c(c1)[nH]c1c2c(=O)c2cc(CC(C)C)c(-c3cncc(S(=O)(=O)F)c3)cc2n1C1CN(C)C1. The molecule has 3 aromatic heterocycles. The first kappa shape index (κ1) is 25.3. The Bertz CT molecular complexity index is 2010. The van der Waals surface area contributed by atoms with Crippen molar-refractivity contribution < 1.29 is 12.3 Å². The number of terminal acetylenes is 1. The van der Waals surface area contributed by atoms with E-state index in [0.717, 1.165) is 58.0 Å². The van der Waals surface area contributed by atoms with Gasteiger partial charge in [-0.05, 0) is 60.8 Å². The Balaban J connectivity index is 1.74. The summed E-state index contributed by atoms with van der Waals surface area (Å²) in [6.07, 6.45) is 8.80. The van der Waals surface area contributed by atoms with E-state index in [4.69, 9.17) is 6.42 Å². The van der Waals surface area contributed by atoms with Crippen molar-refractivity contribution in [1.82, 2.24) is 19.4 Å². The summed E-state index contributed by atoms with van der Waals surface area (Å²) in [4.78, 5) is 23.3. The molecule has 198 valence electrons. The molecule has 0 atom stereocenters. The average molecular weight is 543 g/mol. The van der Waals surface area contributed by atoms with Crippen LogP contribution < -0.4 is 5.43 Å². The van der Waals surface area contributed by atoms with Crippen LogP contribution in [0.3, 0.4) is 0 Å². The van der Waals surface area contributed by atoms with E-state index in [1.165, 1.54) is 12.3 Å². The molecule has 0 aliphatic carbocycles. The number of rotatable bonds is 5. The molecular formula is C30H27FN4O3S. The minimum Gasteiger partial charge on any atom is -0.340 e. The molecule has 0 bridgehead atoms. The van der Waals surface area contributed by atoms with Crippen molar-refractivity contribution in [3.05, 3.63) is 70.1 Å². The number of pyridine rings is 2. The Morgan fingerprint density at radius 3 is 2.59 bits per heavy atom. The minimum atomic E-state index is -4.93. The van der Waals surface area contributed by atoms with Gasteiger partial charge >= 0.3 is 10.2 Å². The molecule has 2 aromatic carbocycles. The van der Waals surface area contributed by atoms with Crippen LogP contribution in [0.15, 0.2) is 58.5 Å². The van der Waals surface area contributed by atoms with Gasteiger partial charge in [-0.15, -0.1) is 10.3 Å². The summed E-state index contributed by atoms with van der Waals surface area (Å²) in [5.74, 6) is 2.91. The van der Waals surface area contributed by atoms with Gasteiger partial charge in [0.25, 0.3) is 0 Å². The van der Waals surface area contributed by atoms with Gasteiger partial charge in [0.05, 0.1) is 16.9 Å². The molecule has 0 amide bonds. The molecule has 7 nitrogen and oxygen atoms in total. The zero-order valence-electron chi connectivity index (χ0n) is 21.8. The van der Waals surface area contributed by atoms with Crippen LogP contribution >= 0.6 is 0 Å². The van der Waals surface area contributed by atoms with Crippen LogP contribution in [0.4, 0.5) is 3.89 Å². The van der Waals surface area contributed by atoms with Gasteiger partial charge in [0, 0.05) is 52.9 Å². The van der Waals surface area contributed by atoms with Gasteiger partial charge < -0.3 is 14.5 Å². The number of likely N-dealkylation sites (tertiary alicyclic amines) is 1. The lowest BCUT2D eigenvalue weighted by Crippen LogP contribution is -2.45. The minimum absolute atomic E-state index is 0.0848. The molecule has 6 rings (SSSR count). The normalized spacial score (nSPS) is 14.9. The number of hydrogen-bond acceptors (Lipinski definition) is 5. The second-order valence-electron chi connectivity index (χ2n) is 10.8. The number of aromatic amines is 1. The summed E-state index contributed by atoms with van der Waals surface area (Å²) < 4.78 is 39.4. The van der Waals surface area contributed by atoms with Gasteiger partial charge in [-0.3, -0.25) is 9.78 Å². The van der Waals surface area contributed by atoms with Crippen molar-refractivity contribution in [1.29, 1.82) is 0 Å². The van der Waals surface area contributed by atoms with Gasteiger partial charge in [-0.1, -0.05) is 25.8 Å². The molecular weight excluding hydrogens is 515 g/mol. The molecule has 4 heterocycles. The van der Waals surface area contributed by atoms with E-state index in [1.54, 1.807) is 0 Å². The number of likely N-dealkylation sites (N-methyl/N-ethyl adjacent to an activating group) is 1. The van der Waals surface area contributed by atoms with E-state index >= 15 is 0 Å². The predicted molar refractivity (Wildman–Crippen MR) is 152 cm³/mol. The molecule has 9 heteroatoms. The van der Waals surface area contributed by atoms with Gasteiger partial charge in [0.2, 0.25) is 0 Å². The average Bonchev–Trinajstić information content (AvgIpc) is 3.25. The van der Waals surface area contributed by atoms with E-state index in [9.17, 15) is 17.1 Å². The Labute approximate surface area is 225 Å². The van der Waals surface area contributed by atoms with Crippen LogP contribution in [0.2, 0.25) is 0 Å². The zero-order chi connectivity index (χ0) is 27.6. The maximum atomic E-state index is 14.1. The molecule has 1 N–H and O–H groups in total. The quantitative estimate of drug-likeness (QED) is 0.249. The van der Waals surface area contributed by atoms with E-state index in [-0.39, 0.29) is 17.4 Å². The van der Waals surface area contributed by atoms with Gasteiger partial charge in [-0.2, -0.15) is 8.42 Å². The highest BCUT2D eigenvalue weighted by atomic mass is 32.3. The lowest BCUT2D eigenvalue weighted by molar-refractivity contribution is 0.146. The first-order chi connectivity index (χ1) is 18.5. The number of nitrogens with one attached hydrogen (secondary N) is 1. The molecule has 0 spiro atoms. The third-order valence-electron chi connectivity index (χ3n) is 7.48. The van der Waals surface area contributed by atoms with Crippen LogP contribution in [0.5, 0.6) is 0 Å². The highest BCUT2D eigenvalue weighted by molar-refractivity contribution is 7.86. The molecule has 0 unspecified atom stereocenters. The van der Waals surface area contributed by atoms with Crippen molar-refractivity contribution in [2.24, 2.45) is 5.92 Å². The fraction of sp³-hybridized carbons (Fsp3) is 0.267. The topological polar surface area (TPSA) is 88.1 Å². The second kappa shape index (κ2) is 9.04. The van der Waals surface area contributed by atoms with Crippen LogP contribution in [0, 0.1) is 18.3 Å². The van der Waals surface area contributed by atoms with Crippen LogP contribution in [0.25, 0.3) is 44.0 Å². The summed E-state index contributed by atoms with van der Waals surface area (Å²) in [5.41, 5.74) is 4.95. The predicted octanol–water partition coefficient (Wildman–Crippen LogP) is 5.02. The molecule has 0 saturated carbocycles. The Hall–Kier alpha value is -4.00. The third kappa shape index (κ3) is 4.20. The lowest BCUT2D eigenvalue weighted by atomic mass is 9.91. The summed E-state index contributed by atoms with van der Waals surface area (Å²) in [6, 6.07) is 10.9. The number of hydrogen-bond donors (Lipinski definition) is 1. The Kier molecular flexibility index (Phi) is 5.86. The van der Waals surface area contributed by atoms with Crippen molar-refractivity contribution in [3.8, 4) is 23.5 Å². The summed E-state index contributed by atoms with van der Waals surface area (Å²) in [7, 11) is -2.89. The van der Waals surface area contributed by atoms with E-state index in [2.05, 4.69) is 39.2 Å². The molecule has 1 saturated heterocycles. The number of nitrogens with zero attached hydrogens (tertiary/aromatic N) is 3. The fourth-order valence-electron chi connectivity index (χ4n) is 5.74. The number of H-pyrrole nitrogens is 1. The molecule has 0 radical (unpaired) electrons. The number of aromatic nitrogens is 3.